The molecule has 57 heavy (non-hydrogen) atoms. The van der Waals surface area contributed by atoms with Crippen LogP contribution in [-0.2, 0) is 28.6 Å². The zero-order valence-electron chi connectivity index (χ0n) is 37.5. The molecule has 0 saturated heterocycles. The molecule has 8 heteroatoms. The first-order chi connectivity index (χ1) is 27.6. The molecule has 0 saturated carbocycles. The van der Waals surface area contributed by atoms with Crippen LogP contribution in [0.5, 0.6) is 0 Å². The second-order valence-corrected chi connectivity index (χ2v) is 16.7. The van der Waals surface area contributed by atoms with Gasteiger partial charge in [-0.15, -0.1) is 0 Å². The van der Waals surface area contributed by atoms with Crippen LogP contribution in [0.15, 0.2) is 48.6 Å². The zero-order valence-corrected chi connectivity index (χ0v) is 37.5. The fourth-order valence-electron chi connectivity index (χ4n) is 6.73. The normalized spacial score (nSPS) is 13.4. The Morgan fingerprint density at radius 2 is 0.982 bits per heavy atom. The van der Waals surface area contributed by atoms with E-state index < -0.39 is 18.1 Å². The van der Waals surface area contributed by atoms with Gasteiger partial charge in [-0.1, -0.05) is 191 Å². The van der Waals surface area contributed by atoms with Gasteiger partial charge in [-0.25, -0.2) is 0 Å². The highest BCUT2D eigenvalue weighted by atomic mass is 16.6. The number of quaternary nitrogens is 1. The Morgan fingerprint density at radius 1 is 0.544 bits per heavy atom. The lowest BCUT2D eigenvalue weighted by atomic mass is 10.0. The van der Waals surface area contributed by atoms with Gasteiger partial charge in [-0.05, 0) is 32.1 Å². The standard InChI is InChI=1S/C49H87NO7/c1-6-8-10-12-14-16-18-20-21-22-23-24-25-26-28-29-31-33-35-37-39-47(51)56-44-45(43-55-42-41-46(49(53)54)50(3,4)5)57-48(52)40-38-36-34-32-30-27-19-17-15-13-11-9-7-2/h9,11,13,15,17,19,27,30,45-46H,6-8,10,12,14,16,18,20-26,28-29,31-44H2,1-5H3/b11-9+,15-13+,19-17+,30-27+. The third-order valence-electron chi connectivity index (χ3n) is 10.3. The number of hydrogen-bond donors (Lipinski definition) is 0. The van der Waals surface area contributed by atoms with Crippen molar-refractivity contribution in [3.8, 4) is 0 Å². The van der Waals surface area contributed by atoms with Crippen LogP contribution in [0.25, 0.3) is 0 Å². The van der Waals surface area contributed by atoms with E-state index in [1.165, 1.54) is 109 Å². The molecule has 0 aliphatic carbocycles. The van der Waals surface area contributed by atoms with Gasteiger partial charge in [0.1, 0.15) is 12.6 Å². The number of aliphatic carboxylic acids is 1. The topological polar surface area (TPSA) is 102 Å². The number of nitrogens with zero attached hydrogens (tertiary/aromatic N) is 1. The average Bonchev–Trinajstić information content (AvgIpc) is 3.17. The van der Waals surface area contributed by atoms with E-state index in [4.69, 9.17) is 14.2 Å². The van der Waals surface area contributed by atoms with Crippen molar-refractivity contribution in [3.63, 3.8) is 0 Å². The summed E-state index contributed by atoms with van der Waals surface area (Å²) in [5.74, 6) is -1.78. The van der Waals surface area contributed by atoms with E-state index in [-0.39, 0.29) is 49.1 Å². The fourth-order valence-corrected chi connectivity index (χ4v) is 6.73. The summed E-state index contributed by atoms with van der Waals surface area (Å²) in [5, 5.41) is 11.6. The molecule has 0 rings (SSSR count). The van der Waals surface area contributed by atoms with E-state index in [2.05, 4.69) is 26.0 Å². The van der Waals surface area contributed by atoms with Crippen LogP contribution in [0.2, 0.25) is 0 Å². The third-order valence-corrected chi connectivity index (χ3v) is 10.3. The summed E-state index contributed by atoms with van der Waals surface area (Å²) in [5.41, 5.74) is 0. The maximum absolute atomic E-state index is 12.7. The number of likely N-dealkylation sites (N-methyl/N-ethyl adjacent to an activating group) is 1. The number of hydrogen-bond acceptors (Lipinski definition) is 7. The first-order valence-corrected chi connectivity index (χ1v) is 23.2. The van der Waals surface area contributed by atoms with Gasteiger partial charge >= 0.3 is 11.9 Å². The van der Waals surface area contributed by atoms with Crippen molar-refractivity contribution in [3.05, 3.63) is 48.6 Å². The monoisotopic (exact) mass is 802 g/mol. The molecule has 0 aromatic heterocycles. The average molecular weight is 802 g/mol. The molecule has 2 unspecified atom stereocenters. The molecule has 0 amide bonds. The number of carboxylic acid groups (broad SMARTS) is 1. The van der Waals surface area contributed by atoms with E-state index in [1.807, 2.05) is 36.5 Å². The van der Waals surface area contributed by atoms with Gasteiger partial charge in [-0.3, -0.25) is 9.59 Å². The van der Waals surface area contributed by atoms with Gasteiger partial charge in [0.2, 0.25) is 0 Å². The number of carboxylic acids is 1. The van der Waals surface area contributed by atoms with Crippen LogP contribution < -0.4 is 5.11 Å². The second-order valence-electron chi connectivity index (χ2n) is 16.7. The first-order valence-electron chi connectivity index (χ1n) is 23.2. The molecule has 0 heterocycles. The minimum absolute atomic E-state index is 0.0254. The van der Waals surface area contributed by atoms with Crippen molar-refractivity contribution < 1.29 is 38.2 Å². The van der Waals surface area contributed by atoms with Crippen LogP contribution in [0, 0.1) is 0 Å². The largest absolute Gasteiger partial charge is 0.544 e. The number of esters is 2. The maximum Gasteiger partial charge on any atom is 0.306 e. The van der Waals surface area contributed by atoms with Crippen molar-refractivity contribution in [2.24, 2.45) is 0 Å². The summed E-state index contributed by atoms with van der Waals surface area (Å²) >= 11 is 0. The molecule has 0 aromatic carbocycles. The molecule has 2 atom stereocenters. The molecule has 0 bridgehead atoms. The summed E-state index contributed by atoms with van der Waals surface area (Å²) in [7, 11) is 5.39. The van der Waals surface area contributed by atoms with Gasteiger partial charge in [0, 0.05) is 19.3 Å². The highest BCUT2D eigenvalue weighted by Crippen LogP contribution is 2.16. The Labute approximate surface area is 350 Å². The number of allylic oxidation sites excluding steroid dienone is 8. The van der Waals surface area contributed by atoms with Crippen LogP contribution in [0.4, 0.5) is 0 Å². The lowest BCUT2D eigenvalue weighted by Gasteiger charge is -2.34. The summed E-state index contributed by atoms with van der Waals surface area (Å²) in [6.45, 7) is 4.49. The zero-order chi connectivity index (χ0) is 42.1. The highest BCUT2D eigenvalue weighted by molar-refractivity contribution is 5.70. The number of unbranched alkanes of at least 4 members (excludes halogenated alkanes) is 22. The Hall–Kier alpha value is -2.71. The minimum atomic E-state index is -1.13. The van der Waals surface area contributed by atoms with Gasteiger partial charge in [0.05, 0.1) is 40.3 Å². The van der Waals surface area contributed by atoms with Crippen molar-refractivity contribution in [1.82, 2.24) is 0 Å². The molecule has 0 aliphatic heterocycles. The maximum atomic E-state index is 12.7. The van der Waals surface area contributed by atoms with Crippen molar-refractivity contribution >= 4 is 17.9 Å². The second kappa shape index (κ2) is 40.1. The number of rotatable bonds is 41. The van der Waals surface area contributed by atoms with Gasteiger partial charge in [0.25, 0.3) is 0 Å². The van der Waals surface area contributed by atoms with Crippen LogP contribution in [0.3, 0.4) is 0 Å². The van der Waals surface area contributed by atoms with E-state index in [9.17, 15) is 19.5 Å². The van der Waals surface area contributed by atoms with E-state index in [0.29, 0.717) is 12.8 Å². The molecular weight excluding hydrogens is 715 g/mol. The first kappa shape index (κ1) is 54.3. The third kappa shape index (κ3) is 38.6. The van der Waals surface area contributed by atoms with Crippen LogP contribution in [-0.4, -0.2) is 75.5 Å². The number of carbonyl (C=O) groups is 3. The minimum Gasteiger partial charge on any atom is -0.544 e. The number of carbonyl (C=O) groups excluding carboxylic acids is 3. The molecule has 0 radical (unpaired) electrons. The van der Waals surface area contributed by atoms with E-state index in [0.717, 1.165) is 44.9 Å². The summed E-state index contributed by atoms with van der Waals surface area (Å²) < 4.78 is 17.1. The lowest BCUT2D eigenvalue weighted by molar-refractivity contribution is -0.889. The molecule has 330 valence electrons. The molecule has 0 aliphatic rings. The smallest absolute Gasteiger partial charge is 0.306 e. The van der Waals surface area contributed by atoms with Crippen LogP contribution >= 0.6 is 0 Å². The summed E-state index contributed by atoms with van der Waals surface area (Å²) in [6.07, 6.45) is 47.2. The predicted octanol–water partition coefficient (Wildman–Crippen LogP) is 11.5. The van der Waals surface area contributed by atoms with E-state index in [1.54, 1.807) is 21.1 Å². The van der Waals surface area contributed by atoms with Crippen molar-refractivity contribution in [2.75, 3.05) is 41.0 Å². The Balaban J connectivity index is 4.28. The van der Waals surface area contributed by atoms with Gasteiger partial charge in [0.15, 0.2) is 6.10 Å². The van der Waals surface area contributed by atoms with E-state index >= 15 is 0 Å². The Kier molecular flexibility index (Phi) is 38.2. The van der Waals surface area contributed by atoms with Gasteiger partial charge < -0.3 is 28.6 Å². The van der Waals surface area contributed by atoms with Gasteiger partial charge in [-0.2, -0.15) is 0 Å². The highest BCUT2D eigenvalue weighted by Gasteiger charge is 2.25. The summed E-state index contributed by atoms with van der Waals surface area (Å²) in [6, 6.07) is -0.733. The molecule has 0 fully saturated rings. The number of ether oxygens (including phenoxy) is 3. The Bertz CT molecular complexity index is 1070. The molecule has 0 aromatic rings. The Morgan fingerprint density at radius 3 is 1.46 bits per heavy atom. The predicted molar refractivity (Wildman–Crippen MR) is 236 cm³/mol. The molecule has 8 nitrogen and oxygen atoms in total. The molecule has 0 spiro atoms. The van der Waals surface area contributed by atoms with Crippen molar-refractivity contribution in [2.45, 2.75) is 206 Å². The SMILES string of the molecule is CC/C=C/C=C/C=C/C=C/CCCCCC(=O)OC(COCCC(C(=O)[O-])[N+](C)(C)C)COC(=O)CCCCCCCCCCCCCCCCCCCCCC. The fraction of sp³-hybridized carbons (Fsp3) is 0.776. The van der Waals surface area contributed by atoms with Crippen molar-refractivity contribution in [1.29, 1.82) is 0 Å². The quantitative estimate of drug-likeness (QED) is 0.0262. The lowest BCUT2D eigenvalue weighted by Crippen LogP contribution is -2.55. The molecular formula is C49H87NO7. The van der Waals surface area contributed by atoms with Crippen LogP contribution in [0.1, 0.15) is 194 Å². The summed E-state index contributed by atoms with van der Waals surface area (Å²) in [4.78, 5) is 36.9. The molecule has 0 N–H and O–H groups in total.